The Labute approximate surface area is 53.5 Å². The summed E-state index contributed by atoms with van der Waals surface area (Å²) >= 11 is 0. The predicted molar refractivity (Wildman–Crippen MR) is 30.2 cm³/mol. The molecule has 1 aliphatic rings. The average Bonchev–Trinajstić information content (AvgIpc) is 2.17. The van der Waals surface area contributed by atoms with Crippen molar-refractivity contribution in [2.45, 2.75) is 12.7 Å². The van der Waals surface area contributed by atoms with Gasteiger partial charge in [-0.3, -0.25) is 0 Å². The van der Waals surface area contributed by atoms with E-state index in [9.17, 15) is 0 Å². The van der Waals surface area contributed by atoms with Gasteiger partial charge in [-0.05, 0) is 0 Å². The first-order valence-electron chi connectivity index (χ1n) is 2.94. The zero-order chi connectivity index (χ0) is 6.69. The minimum Gasteiger partial charge on any atom is -0.368 e. The van der Waals surface area contributed by atoms with E-state index >= 15 is 0 Å². The summed E-state index contributed by atoms with van der Waals surface area (Å²) in [5, 5.41) is 8.81. The Bertz CT molecular complexity index is 86.3. The molecule has 0 aromatic carbocycles. The molecule has 3 N–H and O–H groups in total. The van der Waals surface area contributed by atoms with E-state index in [0.29, 0.717) is 19.6 Å². The van der Waals surface area contributed by atoms with Crippen LogP contribution in [-0.4, -0.2) is 24.6 Å². The smallest absolute Gasteiger partial charge is 0.154 e. The highest BCUT2D eigenvalue weighted by molar-refractivity contribution is 4.65. The van der Waals surface area contributed by atoms with Gasteiger partial charge in [0.2, 0.25) is 0 Å². The van der Waals surface area contributed by atoms with E-state index < -0.39 is 6.29 Å². The highest BCUT2D eigenvalue weighted by Gasteiger charge is 2.22. The van der Waals surface area contributed by atoms with Gasteiger partial charge < -0.3 is 14.7 Å². The van der Waals surface area contributed by atoms with Gasteiger partial charge in [-0.25, -0.2) is 5.90 Å². The van der Waals surface area contributed by atoms with E-state index in [2.05, 4.69) is 4.84 Å². The summed E-state index contributed by atoms with van der Waals surface area (Å²) in [6, 6.07) is 0. The van der Waals surface area contributed by atoms with Gasteiger partial charge in [0.25, 0.3) is 0 Å². The second-order valence-corrected chi connectivity index (χ2v) is 2.22. The Kier molecular flexibility index (Phi) is 2.41. The lowest BCUT2D eigenvalue weighted by Crippen LogP contribution is -2.12. The van der Waals surface area contributed by atoms with Crippen molar-refractivity contribution in [1.82, 2.24) is 0 Å². The first-order chi connectivity index (χ1) is 4.33. The molecule has 1 fully saturated rings. The zero-order valence-corrected chi connectivity index (χ0v) is 5.12. The van der Waals surface area contributed by atoms with E-state index in [-0.39, 0.29) is 5.92 Å². The van der Waals surface area contributed by atoms with Crippen LogP contribution in [0.1, 0.15) is 6.42 Å². The van der Waals surface area contributed by atoms with Crippen LogP contribution < -0.4 is 5.90 Å². The summed E-state index contributed by atoms with van der Waals surface area (Å²) in [6.07, 6.45) is 0.0298. The first kappa shape index (κ1) is 6.95. The molecule has 54 valence electrons. The van der Waals surface area contributed by atoms with Crippen LogP contribution in [0.5, 0.6) is 0 Å². The highest BCUT2D eigenvalue weighted by Crippen LogP contribution is 2.16. The molecule has 0 radical (unpaired) electrons. The van der Waals surface area contributed by atoms with Crippen molar-refractivity contribution in [3.05, 3.63) is 0 Å². The fourth-order valence-corrected chi connectivity index (χ4v) is 0.921. The Hall–Kier alpha value is -0.160. The monoisotopic (exact) mass is 133 g/mol. The SMILES string of the molecule is NOCC1CO[C@H](O)C1. The lowest BCUT2D eigenvalue weighted by atomic mass is 10.1. The molecule has 1 unspecified atom stereocenters. The lowest BCUT2D eigenvalue weighted by Gasteiger charge is -2.01. The molecule has 4 nitrogen and oxygen atoms in total. The minimum absolute atomic E-state index is 0.269. The van der Waals surface area contributed by atoms with Gasteiger partial charge in [-0.2, -0.15) is 0 Å². The topological polar surface area (TPSA) is 64.7 Å². The quantitative estimate of drug-likeness (QED) is 0.485. The third kappa shape index (κ3) is 1.91. The molecule has 1 heterocycles. The summed E-state index contributed by atoms with van der Waals surface area (Å²) in [5.41, 5.74) is 0. The van der Waals surface area contributed by atoms with Gasteiger partial charge in [0.15, 0.2) is 6.29 Å². The van der Waals surface area contributed by atoms with Crippen LogP contribution >= 0.6 is 0 Å². The molecule has 2 atom stereocenters. The molecule has 1 rings (SSSR count). The minimum atomic E-state index is -0.606. The largest absolute Gasteiger partial charge is 0.368 e. The van der Waals surface area contributed by atoms with Crippen molar-refractivity contribution in [1.29, 1.82) is 0 Å². The molecule has 0 bridgehead atoms. The van der Waals surface area contributed by atoms with Crippen LogP contribution in [0.25, 0.3) is 0 Å². The Morgan fingerprint density at radius 2 is 2.56 bits per heavy atom. The molecule has 0 spiro atoms. The van der Waals surface area contributed by atoms with E-state index in [1.807, 2.05) is 0 Å². The Morgan fingerprint density at radius 1 is 1.78 bits per heavy atom. The Morgan fingerprint density at radius 3 is 3.00 bits per heavy atom. The van der Waals surface area contributed by atoms with Gasteiger partial charge in [0, 0.05) is 12.3 Å². The van der Waals surface area contributed by atoms with Gasteiger partial charge in [-0.15, -0.1) is 0 Å². The van der Waals surface area contributed by atoms with Crippen LogP contribution in [0.4, 0.5) is 0 Å². The molecule has 1 saturated heterocycles. The number of nitrogens with two attached hydrogens (primary N) is 1. The van der Waals surface area contributed by atoms with Gasteiger partial charge in [0.1, 0.15) is 0 Å². The molecular weight excluding hydrogens is 122 g/mol. The van der Waals surface area contributed by atoms with Crippen LogP contribution in [-0.2, 0) is 9.57 Å². The van der Waals surface area contributed by atoms with Crippen molar-refractivity contribution in [3.63, 3.8) is 0 Å². The maximum Gasteiger partial charge on any atom is 0.154 e. The molecule has 0 aromatic heterocycles. The van der Waals surface area contributed by atoms with Gasteiger partial charge in [0.05, 0.1) is 13.2 Å². The second-order valence-electron chi connectivity index (χ2n) is 2.22. The van der Waals surface area contributed by atoms with Crippen molar-refractivity contribution in [3.8, 4) is 0 Å². The van der Waals surface area contributed by atoms with Crippen molar-refractivity contribution < 1.29 is 14.7 Å². The van der Waals surface area contributed by atoms with E-state index in [0.717, 1.165) is 0 Å². The normalized spacial score (nSPS) is 35.3. The first-order valence-corrected chi connectivity index (χ1v) is 2.94. The average molecular weight is 133 g/mol. The summed E-state index contributed by atoms with van der Waals surface area (Å²) in [7, 11) is 0. The molecule has 0 amide bonds. The fraction of sp³-hybridized carbons (Fsp3) is 1.00. The standard InChI is InChI=1S/C5H11NO3/c6-9-3-4-1-5(7)8-2-4/h4-5,7H,1-3,6H2/t4?,5-/m0/s1. The fourth-order valence-electron chi connectivity index (χ4n) is 0.921. The van der Waals surface area contributed by atoms with Crippen LogP contribution in [0.15, 0.2) is 0 Å². The van der Waals surface area contributed by atoms with Crippen molar-refractivity contribution >= 4 is 0 Å². The Balaban J connectivity index is 2.14. The highest BCUT2D eigenvalue weighted by atomic mass is 16.6. The maximum absolute atomic E-state index is 8.81. The number of rotatable bonds is 2. The molecule has 4 heteroatoms. The van der Waals surface area contributed by atoms with E-state index in [1.165, 1.54) is 0 Å². The van der Waals surface area contributed by atoms with Gasteiger partial charge >= 0.3 is 0 Å². The molecule has 9 heavy (non-hydrogen) atoms. The molecule has 0 saturated carbocycles. The van der Waals surface area contributed by atoms with E-state index in [1.54, 1.807) is 0 Å². The molecule has 1 aliphatic heterocycles. The van der Waals surface area contributed by atoms with Crippen molar-refractivity contribution in [2.75, 3.05) is 13.2 Å². The molecular formula is C5H11NO3. The maximum atomic E-state index is 8.81. The zero-order valence-electron chi connectivity index (χ0n) is 5.12. The predicted octanol–water partition coefficient (Wildman–Crippen LogP) is -0.768. The van der Waals surface area contributed by atoms with Crippen molar-refractivity contribution in [2.24, 2.45) is 11.8 Å². The third-order valence-electron chi connectivity index (χ3n) is 1.39. The number of aliphatic hydroxyl groups excluding tert-OH is 1. The van der Waals surface area contributed by atoms with Crippen LogP contribution in [0.2, 0.25) is 0 Å². The summed E-state index contributed by atoms with van der Waals surface area (Å²) in [5.74, 6) is 5.09. The number of ether oxygens (including phenoxy) is 1. The summed E-state index contributed by atoms with van der Waals surface area (Å²) in [4.78, 5) is 4.38. The van der Waals surface area contributed by atoms with Crippen LogP contribution in [0, 0.1) is 5.92 Å². The third-order valence-corrected chi connectivity index (χ3v) is 1.39. The van der Waals surface area contributed by atoms with Crippen LogP contribution in [0.3, 0.4) is 0 Å². The van der Waals surface area contributed by atoms with E-state index in [4.69, 9.17) is 15.7 Å². The summed E-state index contributed by atoms with van der Waals surface area (Å²) < 4.78 is 4.84. The molecule has 0 aromatic rings. The van der Waals surface area contributed by atoms with Gasteiger partial charge in [-0.1, -0.05) is 0 Å². The summed E-state index contributed by atoms with van der Waals surface area (Å²) in [6.45, 7) is 1.02. The number of hydrogen-bond acceptors (Lipinski definition) is 4. The number of hydrogen-bond donors (Lipinski definition) is 2. The second kappa shape index (κ2) is 3.12. The molecule has 0 aliphatic carbocycles. The number of aliphatic hydroxyl groups is 1. The lowest BCUT2D eigenvalue weighted by molar-refractivity contribution is -0.0593.